The molecule has 6 heteroatoms. The Morgan fingerprint density at radius 2 is 2.22 bits per heavy atom. The van der Waals surface area contributed by atoms with Gasteiger partial charge in [0, 0.05) is 22.5 Å². The molecule has 0 aliphatic rings. The fraction of sp³-hybridized carbons (Fsp3) is 0.250. The van der Waals surface area contributed by atoms with E-state index in [1.165, 1.54) is 12.5 Å². The van der Waals surface area contributed by atoms with Crippen LogP contribution in [-0.4, -0.2) is 16.9 Å². The van der Waals surface area contributed by atoms with E-state index >= 15 is 0 Å². The molecular formula is C12H14BrN2O3. The summed E-state index contributed by atoms with van der Waals surface area (Å²) in [5.41, 5.74) is 5.62. The molecule has 2 amide bonds. The van der Waals surface area contributed by atoms with Gasteiger partial charge in [-0.05, 0) is 18.2 Å². The standard InChI is InChI=1S/C12H14BrN2O3/c1-7(12(14)18)4-11(17)15-6-8-5-9(13)2-3-10(8)16/h2-5,7,16H,6H2,1H3,(H2,14,18)(H,15,17)/t7-/m0/s1. The Balaban J connectivity index is 2.52. The van der Waals surface area contributed by atoms with Crippen LogP contribution in [-0.2, 0) is 16.1 Å². The molecule has 0 spiro atoms. The van der Waals surface area contributed by atoms with E-state index in [9.17, 15) is 14.7 Å². The highest BCUT2D eigenvalue weighted by atomic mass is 79.9. The highest BCUT2D eigenvalue weighted by Crippen LogP contribution is 2.21. The first-order valence-electron chi connectivity index (χ1n) is 5.29. The molecule has 0 aliphatic carbocycles. The van der Waals surface area contributed by atoms with Gasteiger partial charge in [-0.25, -0.2) is 0 Å². The lowest BCUT2D eigenvalue weighted by Crippen LogP contribution is -2.30. The van der Waals surface area contributed by atoms with Crippen molar-refractivity contribution in [2.24, 2.45) is 11.7 Å². The Hall–Kier alpha value is -1.56. The minimum Gasteiger partial charge on any atom is -0.508 e. The van der Waals surface area contributed by atoms with Gasteiger partial charge < -0.3 is 16.2 Å². The van der Waals surface area contributed by atoms with Crippen LogP contribution in [0, 0.1) is 12.3 Å². The summed E-state index contributed by atoms with van der Waals surface area (Å²) in [6, 6.07) is 4.93. The predicted molar refractivity (Wildman–Crippen MR) is 70.3 cm³/mol. The van der Waals surface area contributed by atoms with Gasteiger partial charge in [-0.1, -0.05) is 22.9 Å². The average Bonchev–Trinajstić information content (AvgIpc) is 2.30. The SMILES string of the molecule is C[C@@H]([CH]C(=O)NCc1cc(Br)ccc1O)C(N)=O. The third-order valence-corrected chi connectivity index (χ3v) is 2.84. The molecule has 0 aliphatic heterocycles. The van der Waals surface area contributed by atoms with Gasteiger partial charge in [0.2, 0.25) is 11.8 Å². The normalized spacial score (nSPS) is 11.9. The smallest absolute Gasteiger partial charge is 0.225 e. The second-order valence-corrected chi connectivity index (χ2v) is 4.76. The van der Waals surface area contributed by atoms with Crippen molar-refractivity contribution in [1.82, 2.24) is 5.32 Å². The maximum atomic E-state index is 11.5. The molecule has 4 N–H and O–H groups in total. The largest absolute Gasteiger partial charge is 0.508 e. The lowest BCUT2D eigenvalue weighted by atomic mass is 10.1. The monoisotopic (exact) mass is 313 g/mol. The van der Waals surface area contributed by atoms with Crippen LogP contribution in [0.1, 0.15) is 12.5 Å². The van der Waals surface area contributed by atoms with Gasteiger partial charge >= 0.3 is 0 Å². The molecule has 1 aromatic rings. The third-order valence-electron chi connectivity index (χ3n) is 2.34. The predicted octanol–water partition coefficient (Wildman–Crippen LogP) is 1.10. The molecule has 0 bridgehead atoms. The number of hydrogen-bond donors (Lipinski definition) is 3. The molecule has 97 valence electrons. The molecule has 0 heterocycles. The Morgan fingerprint density at radius 1 is 1.56 bits per heavy atom. The van der Waals surface area contributed by atoms with E-state index < -0.39 is 17.7 Å². The minimum absolute atomic E-state index is 0.0986. The number of hydrogen-bond acceptors (Lipinski definition) is 3. The molecule has 1 aromatic carbocycles. The highest BCUT2D eigenvalue weighted by molar-refractivity contribution is 9.10. The number of rotatable bonds is 5. The van der Waals surface area contributed by atoms with Crippen LogP contribution >= 0.6 is 15.9 Å². The van der Waals surface area contributed by atoms with Gasteiger partial charge in [-0.15, -0.1) is 0 Å². The number of aromatic hydroxyl groups is 1. The van der Waals surface area contributed by atoms with Crippen molar-refractivity contribution in [3.8, 4) is 5.75 Å². The molecule has 18 heavy (non-hydrogen) atoms. The summed E-state index contributed by atoms with van der Waals surface area (Å²) >= 11 is 3.27. The van der Waals surface area contributed by atoms with Crippen molar-refractivity contribution in [2.75, 3.05) is 0 Å². The summed E-state index contributed by atoms with van der Waals surface area (Å²) in [7, 11) is 0. The molecule has 0 aromatic heterocycles. The van der Waals surface area contributed by atoms with Gasteiger partial charge in [0.05, 0.1) is 6.42 Å². The van der Waals surface area contributed by atoms with Crippen molar-refractivity contribution in [2.45, 2.75) is 13.5 Å². The number of halogens is 1. The number of nitrogens with two attached hydrogens (primary N) is 1. The van der Waals surface area contributed by atoms with Crippen molar-refractivity contribution in [3.05, 3.63) is 34.7 Å². The fourth-order valence-electron chi connectivity index (χ4n) is 1.25. The number of phenols is 1. The topological polar surface area (TPSA) is 92.4 Å². The van der Waals surface area contributed by atoms with E-state index in [1.807, 2.05) is 0 Å². The lowest BCUT2D eigenvalue weighted by molar-refractivity contribution is -0.124. The number of phenolic OH excluding ortho intramolecular Hbond substituents is 1. The number of carbonyl (C=O) groups is 2. The van der Waals surface area contributed by atoms with E-state index in [2.05, 4.69) is 21.2 Å². The minimum atomic E-state index is -0.624. The van der Waals surface area contributed by atoms with Crippen molar-refractivity contribution >= 4 is 27.7 Å². The summed E-state index contributed by atoms with van der Waals surface area (Å²) in [4.78, 5) is 22.2. The summed E-state index contributed by atoms with van der Waals surface area (Å²) in [5, 5.41) is 12.1. The highest BCUT2D eigenvalue weighted by Gasteiger charge is 2.14. The van der Waals surface area contributed by atoms with Crippen LogP contribution in [0.15, 0.2) is 22.7 Å². The number of nitrogens with one attached hydrogen (secondary N) is 1. The molecular weight excluding hydrogens is 300 g/mol. The van der Waals surface area contributed by atoms with Gasteiger partial charge in [0.15, 0.2) is 0 Å². The Labute approximate surface area is 113 Å². The zero-order chi connectivity index (χ0) is 13.7. The summed E-state index contributed by atoms with van der Waals surface area (Å²) < 4.78 is 0.805. The van der Waals surface area contributed by atoms with E-state index in [0.717, 1.165) is 4.47 Å². The first-order valence-corrected chi connectivity index (χ1v) is 6.09. The molecule has 0 saturated carbocycles. The Kier molecular flexibility index (Phi) is 5.15. The molecule has 0 fully saturated rings. The average molecular weight is 314 g/mol. The van der Waals surface area contributed by atoms with Crippen molar-refractivity contribution in [3.63, 3.8) is 0 Å². The van der Waals surface area contributed by atoms with E-state index in [4.69, 9.17) is 5.73 Å². The maximum Gasteiger partial charge on any atom is 0.225 e. The second kappa shape index (κ2) is 6.39. The summed E-state index contributed by atoms with van der Waals surface area (Å²) in [6.07, 6.45) is 1.21. The second-order valence-electron chi connectivity index (χ2n) is 3.85. The zero-order valence-electron chi connectivity index (χ0n) is 9.81. The van der Waals surface area contributed by atoms with E-state index in [0.29, 0.717) is 5.56 Å². The number of primary amides is 1. The third kappa shape index (κ3) is 4.37. The van der Waals surface area contributed by atoms with Crippen LogP contribution in [0.3, 0.4) is 0 Å². The van der Waals surface area contributed by atoms with Gasteiger partial charge in [0.25, 0.3) is 0 Å². The number of amides is 2. The molecule has 1 radical (unpaired) electrons. The maximum absolute atomic E-state index is 11.5. The molecule has 1 rings (SSSR count). The fourth-order valence-corrected chi connectivity index (χ4v) is 1.65. The first-order chi connectivity index (χ1) is 8.40. The number of carbonyl (C=O) groups excluding carboxylic acids is 2. The van der Waals surface area contributed by atoms with Gasteiger partial charge in [0.1, 0.15) is 5.75 Å². The summed E-state index contributed by atoms with van der Waals surface area (Å²) in [5.74, 6) is -1.49. The van der Waals surface area contributed by atoms with Crippen LogP contribution in [0.5, 0.6) is 5.75 Å². The van der Waals surface area contributed by atoms with Gasteiger partial charge in [-0.3, -0.25) is 9.59 Å². The van der Waals surface area contributed by atoms with Crippen LogP contribution in [0.4, 0.5) is 0 Å². The van der Waals surface area contributed by atoms with Crippen LogP contribution in [0.25, 0.3) is 0 Å². The first kappa shape index (κ1) is 14.5. The number of benzene rings is 1. The molecule has 0 unspecified atom stereocenters. The zero-order valence-corrected chi connectivity index (χ0v) is 11.4. The quantitative estimate of drug-likeness (QED) is 0.760. The Morgan fingerprint density at radius 3 is 2.83 bits per heavy atom. The van der Waals surface area contributed by atoms with E-state index in [-0.39, 0.29) is 12.3 Å². The molecule has 1 atom stereocenters. The molecule has 5 nitrogen and oxygen atoms in total. The van der Waals surface area contributed by atoms with E-state index in [1.54, 1.807) is 19.1 Å². The summed E-state index contributed by atoms with van der Waals surface area (Å²) in [6.45, 7) is 1.71. The Bertz CT molecular complexity index is 463. The van der Waals surface area contributed by atoms with Crippen molar-refractivity contribution < 1.29 is 14.7 Å². The van der Waals surface area contributed by atoms with Crippen molar-refractivity contribution in [1.29, 1.82) is 0 Å². The lowest BCUT2D eigenvalue weighted by Gasteiger charge is -2.09. The van der Waals surface area contributed by atoms with Crippen LogP contribution < -0.4 is 11.1 Å². The van der Waals surface area contributed by atoms with Crippen LogP contribution in [0.2, 0.25) is 0 Å². The molecule has 0 saturated heterocycles. The van der Waals surface area contributed by atoms with Gasteiger partial charge in [-0.2, -0.15) is 0 Å².